The molecule has 22 heavy (non-hydrogen) atoms. The highest BCUT2D eigenvalue weighted by Gasteiger charge is 2.40. The van der Waals surface area contributed by atoms with Gasteiger partial charge in [0.1, 0.15) is 0 Å². The van der Waals surface area contributed by atoms with Gasteiger partial charge in [-0.3, -0.25) is 0 Å². The molecule has 0 aliphatic rings. The quantitative estimate of drug-likeness (QED) is 0.806. The van der Waals surface area contributed by atoms with Crippen molar-refractivity contribution in [1.82, 2.24) is 0 Å². The van der Waals surface area contributed by atoms with Crippen molar-refractivity contribution >= 4 is 19.7 Å². The van der Waals surface area contributed by atoms with Crippen molar-refractivity contribution in [2.75, 3.05) is 6.61 Å². The molecule has 0 atom stereocenters. The minimum absolute atomic E-state index is 0.0389. The van der Waals surface area contributed by atoms with E-state index in [-0.39, 0.29) is 16.4 Å². The zero-order valence-electron chi connectivity index (χ0n) is 11.9. The van der Waals surface area contributed by atoms with Crippen LogP contribution in [0.2, 0.25) is 0 Å². The van der Waals surface area contributed by atoms with Crippen molar-refractivity contribution in [1.29, 1.82) is 0 Å². The Labute approximate surface area is 130 Å². The van der Waals surface area contributed by atoms with E-state index in [1.807, 2.05) is 0 Å². The molecule has 2 aromatic rings. The minimum atomic E-state index is -4.18. The average molecular weight is 340 g/mol. The Morgan fingerprint density at radius 1 is 0.773 bits per heavy atom. The van der Waals surface area contributed by atoms with Gasteiger partial charge < -0.3 is 4.74 Å². The van der Waals surface area contributed by atoms with Crippen LogP contribution in [0.5, 0.6) is 0 Å². The maximum atomic E-state index is 12.6. The van der Waals surface area contributed by atoms with Crippen molar-refractivity contribution in [3.63, 3.8) is 0 Å². The molecule has 0 unspecified atom stereocenters. The molecule has 0 amide bonds. The largest absolute Gasteiger partial charge is 0.349 e. The van der Waals surface area contributed by atoms with Crippen molar-refractivity contribution in [2.45, 2.75) is 21.5 Å². The number of rotatable bonds is 6. The Morgan fingerprint density at radius 3 is 1.45 bits per heavy atom. The number of hydrogen-bond acceptors (Lipinski definition) is 5. The van der Waals surface area contributed by atoms with E-state index in [1.54, 1.807) is 19.1 Å². The molecular weight excluding hydrogens is 324 g/mol. The third-order valence-electron chi connectivity index (χ3n) is 2.95. The summed E-state index contributed by atoms with van der Waals surface area (Å²) in [5, 5.41) is 0. The van der Waals surface area contributed by atoms with Crippen LogP contribution in [-0.4, -0.2) is 28.2 Å². The van der Waals surface area contributed by atoms with Crippen LogP contribution in [-0.2, 0) is 24.4 Å². The first-order valence-corrected chi connectivity index (χ1v) is 9.69. The topological polar surface area (TPSA) is 77.5 Å². The predicted molar refractivity (Wildman–Crippen MR) is 82.7 cm³/mol. The molecule has 0 heterocycles. The summed E-state index contributed by atoms with van der Waals surface area (Å²) in [4.78, 5) is -0.180. The lowest BCUT2D eigenvalue weighted by Crippen LogP contribution is -2.33. The summed E-state index contributed by atoms with van der Waals surface area (Å²) >= 11 is 0. The summed E-state index contributed by atoms with van der Waals surface area (Å²) in [7, 11) is -8.36. The maximum Gasteiger partial charge on any atom is 0.269 e. The average Bonchev–Trinajstić information content (AvgIpc) is 2.54. The van der Waals surface area contributed by atoms with Gasteiger partial charge in [0, 0.05) is 6.61 Å². The summed E-state index contributed by atoms with van der Waals surface area (Å²) in [6.07, 6.45) is 0. The molecule has 0 radical (unpaired) electrons. The van der Waals surface area contributed by atoms with Gasteiger partial charge in [0.25, 0.3) is 4.77 Å². The summed E-state index contributed by atoms with van der Waals surface area (Å²) in [6.45, 7) is 1.51. The van der Waals surface area contributed by atoms with E-state index in [9.17, 15) is 16.8 Å². The number of sulfone groups is 2. The third kappa shape index (κ3) is 3.21. The molecule has 2 aromatic carbocycles. The molecule has 0 saturated carbocycles. The van der Waals surface area contributed by atoms with Crippen molar-refractivity contribution < 1.29 is 21.6 Å². The molecule has 0 aliphatic heterocycles. The van der Waals surface area contributed by atoms with Crippen LogP contribution in [0.25, 0.3) is 0 Å². The minimum Gasteiger partial charge on any atom is -0.349 e. The van der Waals surface area contributed by atoms with Gasteiger partial charge in [0.05, 0.1) is 9.79 Å². The summed E-state index contributed by atoms with van der Waals surface area (Å²) in [5.74, 6) is 0. The third-order valence-corrected chi connectivity index (χ3v) is 7.62. The predicted octanol–water partition coefficient (Wildman–Crippen LogP) is 2.25. The van der Waals surface area contributed by atoms with Crippen molar-refractivity contribution in [2.24, 2.45) is 0 Å². The monoisotopic (exact) mass is 340 g/mol. The standard InChI is InChI=1S/C15H16O5S2/c1-2-20-15(21(16,17)13-9-5-3-6-10-13)22(18,19)14-11-7-4-8-12-14/h3-12,15H,2H2,1H3. The maximum absolute atomic E-state index is 12.6. The Balaban J connectivity index is 2.56. The van der Waals surface area contributed by atoms with Crippen LogP contribution >= 0.6 is 0 Å². The fourth-order valence-electron chi connectivity index (χ4n) is 1.92. The SMILES string of the molecule is CCOC(S(=O)(=O)c1ccccc1)S(=O)(=O)c1ccccc1. The van der Waals surface area contributed by atoms with E-state index < -0.39 is 24.4 Å². The summed E-state index contributed by atoms with van der Waals surface area (Å²) in [6, 6.07) is 14.8. The zero-order valence-corrected chi connectivity index (χ0v) is 13.5. The van der Waals surface area contributed by atoms with Crippen LogP contribution < -0.4 is 0 Å². The first kappa shape index (κ1) is 16.7. The normalized spacial score (nSPS) is 12.5. The molecular formula is C15H16O5S2. The molecule has 7 heteroatoms. The lowest BCUT2D eigenvalue weighted by atomic mass is 10.4. The van der Waals surface area contributed by atoms with Gasteiger partial charge in [-0.2, -0.15) is 0 Å². The lowest BCUT2D eigenvalue weighted by Gasteiger charge is -2.18. The number of hydrogen-bond donors (Lipinski definition) is 0. The Hall–Kier alpha value is -1.70. The van der Waals surface area contributed by atoms with Crippen LogP contribution in [0.4, 0.5) is 0 Å². The van der Waals surface area contributed by atoms with Gasteiger partial charge in [0.15, 0.2) is 0 Å². The second kappa shape index (κ2) is 6.60. The van der Waals surface area contributed by atoms with Crippen LogP contribution in [0.3, 0.4) is 0 Å². The molecule has 0 fully saturated rings. The molecule has 0 aliphatic carbocycles. The van der Waals surface area contributed by atoms with Gasteiger partial charge >= 0.3 is 0 Å². The highest BCUT2D eigenvalue weighted by Crippen LogP contribution is 2.26. The highest BCUT2D eigenvalue weighted by molar-refractivity contribution is 8.08. The Morgan fingerprint density at radius 2 is 1.14 bits per heavy atom. The number of ether oxygens (including phenoxy) is 1. The summed E-state index contributed by atoms with van der Waals surface area (Å²) in [5.41, 5.74) is 0. The Bertz CT molecular complexity index is 743. The number of benzene rings is 2. The lowest BCUT2D eigenvalue weighted by molar-refractivity contribution is 0.163. The van der Waals surface area contributed by atoms with Gasteiger partial charge in [-0.05, 0) is 31.2 Å². The first-order valence-electron chi connectivity index (χ1n) is 6.60. The second-order valence-corrected chi connectivity index (χ2v) is 8.74. The highest BCUT2D eigenvalue weighted by atomic mass is 32.3. The fourth-order valence-corrected chi connectivity index (χ4v) is 6.07. The first-order chi connectivity index (χ1) is 10.4. The molecule has 2 rings (SSSR count). The van der Waals surface area contributed by atoms with E-state index in [0.717, 1.165) is 0 Å². The van der Waals surface area contributed by atoms with Crippen LogP contribution in [0, 0.1) is 0 Å². The van der Waals surface area contributed by atoms with Crippen LogP contribution in [0.1, 0.15) is 6.92 Å². The molecule has 0 spiro atoms. The fraction of sp³-hybridized carbons (Fsp3) is 0.200. The molecule has 5 nitrogen and oxygen atoms in total. The molecule has 0 bridgehead atoms. The van der Waals surface area contributed by atoms with E-state index in [4.69, 9.17) is 4.74 Å². The Kier molecular flexibility index (Phi) is 5.00. The smallest absolute Gasteiger partial charge is 0.269 e. The molecule has 0 aromatic heterocycles. The molecule has 118 valence electrons. The van der Waals surface area contributed by atoms with Crippen LogP contribution in [0.15, 0.2) is 70.5 Å². The van der Waals surface area contributed by atoms with Crippen molar-refractivity contribution in [3.8, 4) is 0 Å². The molecule has 0 N–H and O–H groups in total. The van der Waals surface area contributed by atoms with Gasteiger partial charge in [0.2, 0.25) is 19.7 Å². The van der Waals surface area contributed by atoms with E-state index in [2.05, 4.69) is 0 Å². The van der Waals surface area contributed by atoms with E-state index in [1.165, 1.54) is 48.5 Å². The van der Waals surface area contributed by atoms with Gasteiger partial charge in [-0.25, -0.2) is 16.8 Å². The van der Waals surface area contributed by atoms with E-state index >= 15 is 0 Å². The van der Waals surface area contributed by atoms with E-state index in [0.29, 0.717) is 0 Å². The van der Waals surface area contributed by atoms with Gasteiger partial charge in [-0.1, -0.05) is 36.4 Å². The van der Waals surface area contributed by atoms with Gasteiger partial charge in [-0.15, -0.1) is 0 Å². The van der Waals surface area contributed by atoms with Crippen molar-refractivity contribution in [3.05, 3.63) is 60.7 Å². The summed E-state index contributed by atoms with van der Waals surface area (Å²) < 4.78 is 53.7. The second-order valence-electron chi connectivity index (χ2n) is 4.46. The molecule has 0 saturated heterocycles. The zero-order chi connectivity index (χ0) is 16.2.